The molecule has 1 amide bonds. The summed E-state index contributed by atoms with van der Waals surface area (Å²) in [5, 5.41) is 2.69. The van der Waals surface area contributed by atoms with E-state index in [4.69, 9.17) is 9.47 Å². The van der Waals surface area contributed by atoms with Gasteiger partial charge >= 0.3 is 5.97 Å². The fourth-order valence-electron chi connectivity index (χ4n) is 2.57. The van der Waals surface area contributed by atoms with E-state index in [1.54, 1.807) is 36.0 Å². The number of carbonyl (C=O) groups is 2. The number of morpholine rings is 1. The van der Waals surface area contributed by atoms with E-state index in [-0.39, 0.29) is 6.61 Å². The van der Waals surface area contributed by atoms with E-state index in [1.807, 2.05) is 18.4 Å². The number of carbonyl (C=O) groups excluding carboxylic acids is 2. The summed E-state index contributed by atoms with van der Waals surface area (Å²) >= 11 is 1.62. The summed E-state index contributed by atoms with van der Waals surface area (Å²) in [5.41, 5.74) is 0.967. The first-order valence-electron chi connectivity index (χ1n) is 8.55. The molecule has 3 rings (SSSR count). The van der Waals surface area contributed by atoms with Crippen molar-refractivity contribution in [2.45, 2.75) is 4.90 Å². The number of nitrogens with one attached hydrogen (secondary N) is 1. The lowest BCUT2D eigenvalue weighted by Crippen LogP contribution is -2.36. The van der Waals surface area contributed by atoms with Crippen molar-refractivity contribution in [1.82, 2.24) is 4.98 Å². The molecule has 2 aromatic rings. The zero-order valence-electron chi connectivity index (χ0n) is 15.0. The van der Waals surface area contributed by atoms with E-state index in [2.05, 4.69) is 15.2 Å². The molecule has 8 heteroatoms. The number of pyridine rings is 1. The van der Waals surface area contributed by atoms with Gasteiger partial charge < -0.3 is 19.7 Å². The van der Waals surface area contributed by atoms with Gasteiger partial charge in [-0.15, -0.1) is 11.8 Å². The van der Waals surface area contributed by atoms with Crippen LogP contribution in [0.3, 0.4) is 0 Å². The van der Waals surface area contributed by atoms with Crippen LogP contribution in [0.2, 0.25) is 0 Å². The molecule has 1 aromatic carbocycles. The fourth-order valence-corrected chi connectivity index (χ4v) is 2.98. The monoisotopic (exact) mass is 387 g/mol. The molecule has 1 saturated heterocycles. The van der Waals surface area contributed by atoms with Crippen LogP contribution in [0.5, 0.6) is 0 Å². The van der Waals surface area contributed by atoms with Gasteiger partial charge in [0.2, 0.25) is 0 Å². The number of esters is 1. The number of thioether (sulfide) groups is 1. The number of ether oxygens (including phenoxy) is 2. The number of amides is 1. The Kier molecular flexibility index (Phi) is 6.67. The van der Waals surface area contributed by atoms with Gasteiger partial charge in [-0.1, -0.05) is 0 Å². The Bertz CT molecular complexity index is 775. The second-order valence-electron chi connectivity index (χ2n) is 5.86. The minimum Gasteiger partial charge on any atom is -0.452 e. The van der Waals surface area contributed by atoms with Gasteiger partial charge in [-0.2, -0.15) is 0 Å². The van der Waals surface area contributed by atoms with Crippen molar-refractivity contribution in [3.8, 4) is 0 Å². The fraction of sp³-hybridized carbons (Fsp3) is 0.316. The van der Waals surface area contributed by atoms with Gasteiger partial charge in [-0.25, -0.2) is 9.78 Å². The Hall–Kier alpha value is -2.58. The standard InChI is InChI=1S/C19H21N3O4S/c1-27-16-5-3-15(4-6-16)21-18(23)13-26-19(24)14-2-7-17(20-12-14)22-8-10-25-11-9-22/h2-7,12H,8-11,13H2,1H3,(H,21,23). The van der Waals surface area contributed by atoms with Crippen molar-refractivity contribution in [2.75, 3.05) is 49.4 Å². The van der Waals surface area contributed by atoms with Gasteiger partial charge in [0.1, 0.15) is 5.82 Å². The lowest BCUT2D eigenvalue weighted by atomic mass is 10.2. The molecule has 0 atom stereocenters. The van der Waals surface area contributed by atoms with Gasteiger partial charge in [-0.05, 0) is 42.7 Å². The minimum atomic E-state index is -0.580. The number of hydrogen-bond donors (Lipinski definition) is 1. The molecule has 0 unspecified atom stereocenters. The second-order valence-corrected chi connectivity index (χ2v) is 6.74. The highest BCUT2D eigenvalue weighted by atomic mass is 32.2. The van der Waals surface area contributed by atoms with Crippen molar-refractivity contribution in [3.05, 3.63) is 48.2 Å². The Balaban J connectivity index is 1.48. The van der Waals surface area contributed by atoms with E-state index < -0.39 is 11.9 Å². The van der Waals surface area contributed by atoms with Crippen LogP contribution in [0.1, 0.15) is 10.4 Å². The summed E-state index contributed by atoms with van der Waals surface area (Å²) in [6.45, 7) is 2.53. The highest BCUT2D eigenvalue weighted by Crippen LogP contribution is 2.17. The molecule has 2 heterocycles. The van der Waals surface area contributed by atoms with Crippen molar-refractivity contribution in [3.63, 3.8) is 0 Å². The quantitative estimate of drug-likeness (QED) is 0.602. The molecule has 1 N–H and O–H groups in total. The third kappa shape index (κ3) is 5.45. The zero-order chi connectivity index (χ0) is 19.1. The molecule has 0 spiro atoms. The maximum atomic E-state index is 12.1. The Morgan fingerprint density at radius 1 is 1.19 bits per heavy atom. The summed E-state index contributed by atoms with van der Waals surface area (Å²) in [5.74, 6) is -0.177. The first-order chi connectivity index (χ1) is 13.2. The number of benzene rings is 1. The molecule has 27 heavy (non-hydrogen) atoms. The van der Waals surface area contributed by atoms with E-state index in [1.165, 1.54) is 6.20 Å². The van der Waals surface area contributed by atoms with E-state index >= 15 is 0 Å². The van der Waals surface area contributed by atoms with Crippen LogP contribution in [0.25, 0.3) is 0 Å². The lowest BCUT2D eigenvalue weighted by molar-refractivity contribution is -0.119. The number of aromatic nitrogens is 1. The maximum absolute atomic E-state index is 12.1. The van der Waals surface area contributed by atoms with Crippen LogP contribution in [0, 0.1) is 0 Å². The van der Waals surface area contributed by atoms with Crippen LogP contribution in [0.15, 0.2) is 47.5 Å². The molecule has 142 valence electrons. The van der Waals surface area contributed by atoms with Crippen LogP contribution in [0.4, 0.5) is 11.5 Å². The molecular formula is C19H21N3O4S. The number of hydrogen-bond acceptors (Lipinski definition) is 7. The molecule has 1 fully saturated rings. The summed E-state index contributed by atoms with van der Waals surface area (Å²) in [7, 11) is 0. The average Bonchev–Trinajstić information content (AvgIpc) is 2.73. The topological polar surface area (TPSA) is 80.8 Å². The minimum absolute atomic E-state index is 0.309. The van der Waals surface area contributed by atoms with Crippen LogP contribution in [-0.4, -0.2) is 56.0 Å². The predicted molar refractivity (Wildman–Crippen MR) is 104 cm³/mol. The van der Waals surface area contributed by atoms with Gasteiger partial charge in [0, 0.05) is 29.9 Å². The van der Waals surface area contributed by atoms with Crippen LogP contribution >= 0.6 is 11.8 Å². The van der Waals surface area contributed by atoms with Crippen molar-refractivity contribution in [2.24, 2.45) is 0 Å². The molecule has 0 radical (unpaired) electrons. The third-order valence-electron chi connectivity index (χ3n) is 4.03. The summed E-state index contributed by atoms with van der Waals surface area (Å²) in [6.07, 6.45) is 3.45. The van der Waals surface area contributed by atoms with Crippen molar-refractivity contribution < 1.29 is 19.1 Å². The molecule has 1 aromatic heterocycles. The Morgan fingerprint density at radius 2 is 1.93 bits per heavy atom. The van der Waals surface area contributed by atoms with E-state index in [0.29, 0.717) is 24.5 Å². The number of rotatable bonds is 6. The van der Waals surface area contributed by atoms with E-state index in [9.17, 15) is 9.59 Å². The van der Waals surface area contributed by atoms with Gasteiger partial charge in [0.05, 0.1) is 18.8 Å². The second kappa shape index (κ2) is 9.38. The first-order valence-corrected chi connectivity index (χ1v) is 9.78. The molecule has 1 aliphatic heterocycles. The van der Waals surface area contributed by atoms with Gasteiger partial charge in [0.25, 0.3) is 5.91 Å². The molecule has 0 saturated carbocycles. The molecule has 0 aliphatic carbocycles. The first kappa shape index (κ1) is 19.2. The molecule has 7 nitrogen and oxygen atoms in total. The third-order valence-corrected chi connectivity index (χ3v) is 4.77. The largest absolute Gasteiger partial charge is 0.452 e. The molecule has 0 bridgehead atoms. The summed E-state index contributed by atoms with van der Waals surface area (Å²) in [6, 6.07) is 10.9. The summed E-state index contributed by atoms with van der Waals surface area (Å²) in [4.78, 5) is 31.5. The van der Waals surface area contributed by atoms with Crippen LogP contribution in [-0.2, 0) is 14.3 Å². The normalized spacial score (nSPS) is 13.9. The Morgan fingerprint density at radius 3 is 2.56 bits per heavy atom. The molecule has 1 aliphatic rings. The zero-order valence-corrected chi connectivity index (χ0v) is 15.8. The van der Waals surface area contributed by atoms with Crippen LogP contribution < -0.4 is 10.2 Å². The average molecular weight is 387 g/mol. The highest BCUT2D eigenvalue weighted by Gasteiger charge is 2.15. The smallest absolute Gasteiger partial charge is 0.340 e. The molecular weight excluding hydrogens is 366 g/mol. The van der Waals surface area contributed by atoms with Gasteiger partial charge in [0.15, 0.2) is 6.61 Å². The van der Waals surface area contributed by atoms with Crippen molar-refractivity contribution in [1.29, 1.82) is 0 Å². The SMILES string of the molecule is CSc1ccc(NC(=O)COC(=O)c2ccc(N3CCOCC3)nc2)cc1. The predicted octanol–water partition coefficient (Wildman–Crippen LogP) is 2.44. The number of nitrogens with zero attached hydrogens (tertiary/aromatic N) is 2. The van der Waals surface area contributed by atoms with E-state index in [0.717, 1.165) is 23.8 Å². The Labute approximate surface area is 162 Å². The highest BCUT2D eigenvalue weighted by molar-refractivity contribution is 7.98. The lowest BCUT2D eigenvalue weighted by Gasteiger charge is -2.27. The van der Waals surface area contributed by atoms with Crippen molar-refractivity contribution >= 4 is 35.1 Å². The number of anilines is 2. The summed E-state index contributed by atoms with van der Waals surface area (Å²) < 4.78 is 10.4. The van der Waals surface area contributed by atoms with Gasteiger partial charge in [-0.3, -0.25) is 4.79 Å². The maximum Gasteiger partial charge on any atom is 0.340 e.